The van der Waals surface area contributed by atoms with Crippen molar-refractivity contribution < 1.29 is 4.79 Å². The normalized spacial score (nSPS) is 18.9. The number of carbonyl (C=O) groups excluding carboxylic acids is 1. The van der Waals surface area contributed by atoms with Crippen LogP contribution in [0.1, 0.15) is 68.2 Å². The zero-order valence-corrected chi connectivity index (χ0v) is 19.7. The highest BCUT2D eigenvalue weighted by atomic mass is 35.5. The van der Waals surface area contributed by atoms with Gasteiger partial charge < -0.3 is 15.5 Å². The monoisotopic (exact) mass is 448 g/mol. The van der Waals surface area contributed by atoms with E-state index in [-0.39, 0.29) is 30.7 Å². The number of nitrogens with one attached hydrogen (secondary N) is 2. The molecule has 0 aromatic carbocycles. The molecule has 168 valence electrons. The number of likely N-dealkylation sites (tertiary alicyclic amines) is 1. The molecule has 0 spiro atoms. The third-order valence-electron chi connectivity index (χ3n) is 6.08. The first-order valence-corrected chi connectivity index (χ1v) is 10.7. The van der Waals surface area contributed by atoms with E-state index in [0.717, 1.165) is 57.2 Å². The van der Waals surface area contributed by atoms with Crippen molar-refractivity contribution in [1.29, 1.82) is 0 Å². The van der Waals surface area contributed by atoms with Crippen molar-refractivity contribution in [3.05, 3.63) is 11.4 Å². The van der Waals surface area contributed by atoms with Crippen LogP contribution in [0.15, 0.2) is 0 Å². The summed E-state index contributed by atoms with van der Waals surface area (Å²) < 4.78 is 1.95. The van der Waals surface area contributed by atoms with Crippen LogP contribution in [-0.4, -0.2) is 65.1 Å². The van der Waals surface area contributed by atoms with Gasteiger partial charge in [0, 0.05) is 6.54 Å². The molecule has 1 aromatic rings. The summed E-state index contributed by atoms with van der Waals surface area (Å²) in [4.78, 5) is 15.2. The average molecular weight is 449 g/mol. The van der Waals surface area contributed by atoms with E-state index in [1.54, 1.807) is 0 Å². The molecule has 2 N–H and O–H groups in total. The summed E-state index contributed by atoms with van der Waals surface area (Å²) in [6.07, 6.45) is 5.69. The van der Waals surface area contributed by atoms with E-state index >= 15 is 0 Å². The molecule has 29 heavy (non-hydrogen) atoms. The Kier molecular flexibility index (Phi) is 11.5. The molecular formula is C20H38Cl2N6O. The van der Waals surface area contributed by atoms with E-state index < -0.39 is 0 Å². The topological polar surface area (TPSA) is 75.1 Å². The van der Waals surface area contributed by atoms with Crippen LogP contribution in [-0.2, 0) is 0 Å². The van der Waals surface area contributed by atoms with Gasteiger partial charge in [-0.25, -0.2) is 4.68 Å². The van der Waals surface area contributed by atoms with Gasteiger partial charge in [-0.15, -0.1) is 29.9 Å². The summed E-state index contributed by atoms with van der Waals surface area (Å²) in [7, 11) is 0. The van der Waals surface area contributed by atoms with E-state index in [4.69, 9.17) is 0 Å². The number of nitrogens with zero attached hydrogens (tertiary/aromatic N) is 4. The minimum atomic E-state index is -0.0741. The van der Waals surface area contributed by atoms with Crippen LogP contribution in [0.4, 0.5) is 0 Å². The number of piperidine rings is 2. The molecule has 0 atom stereocenters. The Morgan fingerprint density at radius 1 is 1.17 bits per heavy atom. The number of hydrogen-bond donors (Lipinski definition) is 2. The SMILES string of the molecule is Cc1c(C(=O)NCC2CCN(CCC(C)C)CC2)nnn1C1CCNCC1.Cl.Cl. The van der Waals surface area contributed by atoms with Gasteiger partial charge in [-0.05, 0) is 83.6 Å². The second-order valence-corrected chi connectivity index (χ2v) is 8.63. The Morgan fingerprint density at radius 3 is 2.45 bits per heavy atom. The number of aromatic nitrogens is 3. The summed E-state index contributed by atoms with van der Waals surface area (Å²) in [5.74, 6) is 1.27. The number of rotatable bonds is 7. The predicted molar refractivity (Wildman–Crippen MR) is 121 cm³/mol. The molecule has 0 bridgehead atoms. The Bertz CT molecular complexity index is 610. The zero-order valence-electron chi connectivity index (χ0n) is 18.0. The van der Waals surface area contributed by atoms with E-state index in [0.29, 0.717) is 17.7 Å². The van der Waals surface area contributed by atoms with Gasteiger partial charge in [-0.1, -0.05) is 19.1 Å². The summed E-state index contributed by atoms with van der Waals surface area (Å²) in [5, 5.41) is 14.9. The van der Waals surface area contributed by atoms with Crippen LogP contribution in [0.2, 0.25) is 0 Å². The van der Waals surface area contributed by atoms with Crippen molar-refractivity contribution in [2.24, 2.45) is 11.8 Å². The quantitative estimate of drug-likeness (QED) is 0.670. The standard InChI is InChI=1S/C20H36N6O.2ClH/c1-15(2)6-11-25-12-7-17(8-13-25)14-22-20(27)19-16(3)26(24-23-19)18-4-9-21-10-5-18;;/h15,17-18,21H,4-14H2,1-3H3,(H,22,27);2*1H. The van der Waals surface area contributed by atoms with Crippen molar-refractivity contribution in [3.8, 4) is 0 Å². The summed E-state index contributed by atoms with van der Waals surface area (Å²) in [5.41, 5.74) is 1.38. The third-order valence-corrected chi connectivity index (χ3v) is 6.08. The van der Waals surface area contributed by atoms with Gasteiger partial charge in [0.15, 0.2) is 5.69 Å². The largest absolute Gasteiger partial charge is 0.350 e. The maximum Gasteiger partial charge on any atom is 0.273 e. The van der Waals surface area contributed by atoms with Crippen molar-refractivity contribution in [3.63, 3.8) is 0 Å². The molecule has 0 unspecified atom stereocenters. The highest BCUT2D eigenvalue weighted by Gasteiger charge is 2.24. The number of halogens is 2. The highest BCUT2D eigenvalue weighted by Crippen LogP contribution is 2.21. The Labute approximate surface area is 187 Å². The molecule has 2 saturated heterocycles. The molecule has 9 heteroatoms. The molecule has 0 radical (unpaired) electrons. The minimum Gasteiger partial charge on any atom is -0.350 e. The van der Waals surface area contributed by atoms with Crippen LogP contribution in [0, 0.1) is 18.8 Å². The maximum absolute atomic E-state index is 12.6. The summed E-state index contributed by atoms with van der Waals surface area (Å²) >= 11 is 0. The van der Waals surface area contributed by atoms with Crippen LogP contribution >= 0.6 is 24.8 Å². The molecule has 2 aliphatic rings. The summed E-state index contributed by atoms with van der Waals surface area (Å²) in [6.45, 7) is 12.8. The molecule has 1 amide bonds. The lowest BCUT2D eigenvalue weighted by molar-refractivity contribution is 0.0929. The molecule has 1 aromatic heterocycles. The molecule has 2 fully saturated rings. The average Bonchev–Trinajstić information content (AvgIpc) is 3.07. The lowest BCUT2D eigenvalue weighted by atomic mass is 9.96. The Balaban J connectivity index is 0.00000210. The van der Waals surface area contributed by atoms with Crippen molar-refractivity contribution in [2.75, 3.05) is 39.3 Å². The molecule has 3 heterocycles. The van der Waals surface area contributed by atoms with Gasteiger partial charge in [0.1, 0.15) is 0 Å². The van der Waals surface area contributed by atoms with Gasteiger partial charge in [0.25, 0.3) is 5.91 Å². The van der Waals surface area contributed by atoms with Gasteiger partial charge in [-0.3, -0.25) is 4.79 Å². The molecular weight excluding hydrogens is 411 g/mol. The first-order chi connectivity index (χ1) is 13.0. The first kappa shape index (κ1) is 26.1. The van der Waals surface area contributed by atoms with Crippen molar-refractivity contribution in [1.82, 2.24) is 30.5 Å². The zero-order chi connectivity index (χ0) is 19.2. The van der Waals surface area contributed by atoms with E-state index in [1.807, 2.05) is 11.6 Å². The van der Waals surface area contributed by atoms with Crippen molar-refractivity contribution in [2.45, 2.75) is 58.9 Å². The fourth-order valence-corrected chi connectivity index (χ4v) is 4.12. The Morgan fingerprint density at radius 2 is 1.83 bits per heavy atom. The fraction of sp³-hybridized carbons (Fsp3) is 0.850. The lowest BCUT2D eigenvalue weighted by Crippen LogP contribution is -2.39. The highest BCUT2D eigenvalue weighted by molar-refractivity contribution is 5.93. The molecule has 2 aliphatic heterocycles. The Hall–Kier alpha value is -0.890. The molecule has 3 rings (SSSR count). The lowest BCUT2D eigenvalue weighted by Gasteiger charge is -2.32. The first-order valence-electron chi connectivity index (χ1n) is 10.7. The van der Waals surface area contributed by atoms with E-state index in [9.17, 15) is 4.79 Å². The van der Waals surface area contributed by atoms with Gasteiger partial charge in [0.05, 0.1) is 11.7 Å². The van der Waals surface area contributed by atoms with Crippen LogP contribution in [0.3, 0.4) is 0 Å². The van der Waals surface area contributed by atoms with Gasteiger partial charge in [0.2, 0.25) is 0 Å². The van der Waals surface area contributed by atoms with Crippen LogP contribution < -0.4 is 10.6 Å². The minimum absolute atomic E-state index is 0. The molecule has 0 saturated carbocycles. The van der Waals surface area contributed by atoms with Gasteiger partial charge >= 0.3 is 0 Å². The van der Waals surface area contributed by atoms with E-state index in [2.05, 4.69) is 39.7 Å². The summed E-state index contributed by atoms with van der Waals surface area (Å²) in [6, 6.07) is 0.357. The van der Waals surface area contributed by atoms with E-state index in [1.165, 1.54) is 25.8 Å². The smallest absolute Gasteiger partial charge is 0.273 e. The third kappa shape index (κ3) is 7.39. The van der Waals surface area contributed by atoms with Crippen LogP contribution in [0.25, 0.3) is 0 Å². The number of hydrogen-bond acceptors (Lipinski definition) is 5. The fourth-order valence-electron chi connectivity index (χ4n) is 4.12. The predicted octanol–water partition coefficient (Wildman–Crippen LogP) is 2.84. The second-order valence-electron chi connectivity index (χ2n) is 8.63. The number of amides is 1. The van der Waals surface area contributed by atoms with Crippen molar-refractivity contribution >= 4 is 30.7 Å². The van der Waals surface area contributed by atoms with Crippen LogP contribution in [0.5, 0.6) is 0 Å². The molecule has 0 aliphatic carbocycles. The second kappa shape index (κ2) is 12.7. The number of carbonyl (C=O) groups is 1. The van der Waals surface area contributed by atoms with Gasteiger partial charge in [-0.2, -0.15) is 0 Å². The molecule has 7 nitrogen and oxygen atoms in total. The maximum atomic E-state index is 12.6.